The summed E-state index contributed by atoms with van der Waals surface area (Å²) in [6.07, 6.45) is 5.44. The van der Waals surface area contributed by atoms with Crippen molar-refractivity contribution in [3.8, 4) is 0 Å². The Balaban J connectivity index is 2.13. The molecule has 0 saturated heterocycles. The molecular formula is C10H14N4O2. The van der Waals surface area contributed by atoms with Gasteiger partial charge >= 0.3 is 5.97 Å². The number of hydrogen-bond acceptors (Lipinski definition) is 5. The van der Waals surface area contributed by atoms with Crippen LogP contribution in [0.2, 0.25) is 0 Å². The Morgan fingerprint density at radius 2 is 2.25 bits per heavy atom. The van der Waals surface area contributed by atoms with Crippen LogP contribution >= 0.6 is 0 Å². The molecule has 1 aliphatic carbocycles. The van der Waals surface area contributed by atoms with E-state index in [1.165, 1.54) is 0 Å². The monoisotopic (exact) mass is 222 g/mol. The third-order valence-electron chi connectivity index (χ3n) is 2.33. The minimum Gasteiger partial charge on any atom is -0.480 e. The Labute approximate surface area is 93.3 Å². The van der Waals surface area contributed by atoms with Gasteiger partial charge < -0.3 is 15.3 Å². The van der Waals surface area contributed by atoms with Gasteiger partial charge in [0.2, 0.25) is 0 Å². The first kappa shape index (κ1) is 10.7. The average Bonchev–Trinajstić information content (AvgIpc) is 3.01. The Morgan fingerprint density at radius 3 is 2.88 bits per heavy atom. The number of nitrogens with zero attached hydrogens (tertiary/aromatic N) is 3. The van der Waals surface area contributed by atoms with Gasteiger partial charge in [-0.15, -0.1) is 0 Å². The van der Waals surface area contributed by atoms with Gasteiger partial charge in [0.1, 0.15) is 6.54 Å². The Kier molecular flexibility index (Phi) is 2.89. The molecule has 0 atom stereocenters. The van der Waals surface area contributed by atoms with E-state index >= 15 is 0 Å². The van der Waals surface area contributed by atoms with Crippen LogP contribution < -0.4 is 10.2 Å². The maximum atomic E-state index is 10.6. The summed E-state index contributed by atoms with van der Waals surface area (Å²) in [4.78, 5) is 20.5. The summed E-state index contributed by atoms with van der Waals surface area (Å²) >= 11 is 0. The molecule has 1 aromatic heterocycles. The topological polar surface area (TPSA) is 78.4 Å². The number of hydrogen-bond donors (Lipinski definition) is 2. The fourth-order valence-electron chi connectivity index (χ4n) is 1.41. The van der Waals surface area contributed by atoms with Crippen LogP contribution in [0.25, 0.3) is 0 Å². The van der Waals surface area contributed by atoms with E-state index in [0.29, 0.717) is 17.7 Å². The first-order chi connectivity index (χ1) is 7.66. The van der Waals surface area contributed by atoms with Crippen molar-refractivity contribution in [3.63, 3.8) is 0 Å². The van der Waals surface area contributed by atoms with Crippen LogP contribution in [0.3, 0.4) is 0 Å². The van der Waals surface area contributed by atoms with Gasteiger partial charge in [0, 0.05) is 25.5 Å². The summed E-state index contributed by atoms with van der Waals surface area (Å²) in [6.45, 7) is -0.0853. The normalized spacial score (nSPS) is 14.6. The maximum absolute atomic E-state index is 10.6. The number of likely N-dealkylation sites (N-methyl/N-ethyl adjacent to an activating group) is 1. The summed E-state index contributed by atoms with van der Waals surface area (Å²) in [5.74, 6) is 0.357. The molecule has 0 spiro atoms. The average molecular weight is 222 g/mol. The molecule has 1 aromatic rings. The minimum atomic E-state index is -0.884. The van der Waals surface area contributed by atoms with Crippen LogP contribution in [0.1, 0.15) is 12.8 Å². The molecule has 1 saturated carbocycles. The molecule has 0 aromatic carbocycles. The van der Waals surface area contributed by atoms with Gasteiger partial charge in [-0.1, -0.05) is 0 Å². The lowest BCUT2D eigenvalue weighted by Gasteiger charge is -2.18. The van der Waals surface area contributed by atoms with E-state index in [-0.39, 0.29) is 6.54 Å². The minimum absolute atomic E-state index is 0.0853. The third-order valence-corrected chi connectivity index (χ3v) is 2.33. The van der Waals surface area contributed by atoms with Crippen molar-refractivity contribution in [2.45, 2.75) is 18.9 Å². The highest BCUT2D eigenvalue weighted by Crippen LogP contribution is 2.27. The molecule has 0 radical (unpaired) electrons. The molecule has 1 aliphatic rings. The Morgan fingerprint density at radius 1 is 1.56 bits per heavy atom. The molecule has 0 unspecified atom stereocenters. The second-order valence-electron chi connectivity index (χ2n) is 3.90. The summed E-state index contributed by atoms with van der Waals surface area (Å²) in [7, 11) is 1.69. The molecule has 6 heteroatoms. The van der Waals surface area contributed by atoms with Crippen molar-refractivity contribution in [3.05, 3.63) is 12.4 Å². The van der Waals surface area contributed by atoms with Crippen molar-refractivity contribution < 1.29 is 9.90 Å². The molecule has 16 heavy (non-hydrogen) atoms. The van der Waals surface area contributed by atoms with Gasteiger partial charge in [-0.3, -0.25) is 4.79 Å². The van der Waals surface area contributed by atoms with Crippen molar-refractivity contribution in [1.29, 1.82) is 0 Å². The summed E-state index contributed by atoms with van der Waals surface area (Å²) in [5, 5.41) is 12.0. The van der Waals surface area contributed by atoms with Gasteiger partial charge in [0.05, 0.1) is 0 Å². The Bertz CT molecular complexity index is 392. The molecule has 1 heterocycles. The standard InChI is InChI=1S/C10H14N4O2/c1-14(6-8(15)16)10-9(11-4-5-12-10)13-7-2-3-7/h4-5,7H,2-3,6H2,1H3,(H,11,13)(H,15,16). The van der Waals surface area contributed by atoms with Crippen LogP contribution in [0, 0.1) is 0 Å². The van der Waals surface area contributed by atoms with Crippen LogP contribution in [-0.4, -0.2) is 40.7 Å². The molecular weight excluding hydrogens is 208 g/mol. The number of carboxylic acid groups (broad SMARTS) is 1. The number of anilines is 2. The number of carbonyl (C=O) groups is 1. The molecule has 2 rings (SSSR count). The molecule has 1 fully saturated rings. The van der Waals surface area contributed by atoms with Crippen molar-refractivity contribution >= 4 is 17.6 Å². The van der Waals surface area contributed by atoms with Crippen LogP contribution in [0.15, 0.2) is 12.4 Å². The summed E-state index contributed by atoms with van der Waals surface area (Å²) < 4.78 is 0. The number of rotatable bonds is 5. The first-order valence-electron chi connectivity index (χ1n) is 5.17. The Hall–Kier alpha value is -1.85. The number of aliphatic carboxylic acids is 1. The van der Waals surface area contributed by atoms with E-state index in [4.69, 9.17) is 5.11 Å². The zero-order valence-corrected chi connectivity index (χ0v) is 9.05. The number of aromatic nitrogens is 2. The quantitative estimate of drug-likeness (QED) is 0.758. The largest absolute Gasteiger partial charge is 0.480 e. The van der Waals surface area contributed by atoms with Crippen LogP contribution in [0.4, 0.5) is 11.6 Å². The second-order valence-corrected chi connectivity index (χ2v) is 3.90. The van der Waals surface area contributed by atoms with Crippen molar-refractivity contribution in [1.82, 2.24) is 9.97 Å². The van der Waals surface area contributed by atoms with E-state index in [2.05, 4.69) is 15.3 Å². The van der Waals surface area contributed by atoms with E-state index < -0.39 is 5.97 Å². The summed E-state index contributed by atoms with van der Waals surface area (Å²) in [5.41, 5.74) is 0. The smallest absolute Gasteiger partial charge is 0.323 e. The van der Waals surface area contributed by atoms with Crippen LogP contribution in [0.5, 0.6) is 0 Å². The molecule has 0 amide bonds. The molecule has 6 nitrogen and oxygen atoms in total. The van der Waals surface area contributed by atoms with Crippen molar-refractivity contribution in [2.75, 3.05) is 23.8 Å². The van der Waals surface area contributed by atoms with Gasteiger partial charge in [-0.2, -0.15) is 0 Å². The second kappa shape index (κ2) is 4.34. The molecule has 0 bridgehead atoms. The zero-order chi connectivity index (χ0) is 11.5. The highest BCUT2D eigenvalue weighted by Gasteiger charge is 2.23. The third kappa shape index (κ3) is 2.59. The molecule has 2 N–H and O–H groups in total. The highest BCUT2D eigenvalue weighted by atomic mass is 16.4. The lowest BCUT2D eigenvalue weighted by Crippen LogP contribution is -2.27. The van der Waals surface area contributed by atoms with E-state index in [1.54, 1.807) is 24.3 Å². The van der Waals surface area contributed by atoms with Crippen molar-refractivity contribution in [2.24, 2.45) is 0 Å². The predicted molar refractivity (Wildman–Crippen MR) is 59.6 cm³/mol. The number of carboxylic acids is 1. The molecule has 86 valence electrons. The molecule has 0 aliphatic heterocycles. The predicted octanol–water partition coefficient (Wildman–Crippen LogP) is 0.572. The SMILES string of the molecule is CN(CC(=O)O)c1nccnc1NC1CC1. The van der Waals surface area contributed by atoms with Gasteiger partial charge in [-0.25, -0.2) is 9.97 Å². The summed E-state index contributed by atoms with van der Waals surface area (Å²) in [6, 6.07) is 0.466. The van der Waals surface area contributed by atoms with Gasteiger partial charge in [0.15, 0.2) is 11.6 Å². The lowest BCUT2D eigenvalue weighted by atomic mass is 10.4. The fourth-order valence-corrected chi connectivity index (χ4v) is 1.41. The lowest BCUT2D eigenvalue weighted by molar-refractivity contribution is -0.135. The maximum Gasteiger partial charge on any atom is 0.323 e. The fraction of sp³-hybridized carbons (Fsp3) is 0.500. The van der Waals surface area contributed by atoms with Crippen LogP contribution in [-0.2, 0) is 4.79 Å². The highest BCUT2D eigenvalue weighted by molar-refractivity contribution is 5.75. The van der Waals surface area contributed by atoms with E-state index in [0.717, 1.165) is 12.8 Å². The van der Waals surface area contributed by atoms with Gasteiger partial charge in [0.25, 0.3) is 0 Å². The zero-order valence-electron chi connectivity index (χ0n) is 9.05. The first-order valence-corrected chi connectivity index (χ1v) is 5.17. The van der Waals surface area contributed by atoms with Gasteiger partial charge in [-0.05, 0) is 12.8 Å². The number of nitrogens with one attached hydrogen (secondary N) is 1. The van der Waals surface area contributed by atoms with E-state index in [1.807, 2.05) is 0 Å². The van der Waals surface area contributed by atoms with E-state index in [9.17, 15) is 4.79 Å².